The van der Waals surface area contributed by atoms with Gasteiger partial charge in [-0.1, -0.05) is 41.9 Å². The molecule has 5 heteroatoms. The second-order valence-corrected chi connectivity index (χ2v) is 5.97. The van der Waals surface area contributed by atoms with E-state index in [1.54, 1.807) is 31.2 Å². The number of halogens is 1. The van der Waals surface area contributed by atoms with Crippen LogP contribution in [0.25, 0.3) is 0 Å². The molecular formula is C18H21ClN2O2. The maximum atomic E-state index is 12.0. The molecule has 0 saturated heterocycles. The number of urea groups is 1. The number of carbonyl (C=O) groups is 1. The first-order chi connectivity index (χ1) is 11.0. The maximum Gasteiger partial charge on any atom is 0.319 e. The van der Waals surface area contributed by atoms with Crippen LogP contribution in [0.2, 0.25) is 5.02 Å². The summed E-state index contributed by atoms with van der Waals surface area (Å²) in [4.78, 5) is 12.0. The molecule has 122 valence electrons. The van der Waals surface area contributed by atoms with Crippen molar-refractivity contribution in [3.8, 4) is 0 Å². The van der Waals surface area contributed by atoms with Gasteiger partial charge in [0, 0.05) is 23.2 Å². The average molecular weight is 333 g/mol. The highest BCUT2D eigenvalue weighted by Gasteiger charge is 2.15. The van der Waals surface area contributed by atoms with Gasteiger partial charge >= 0.3 is 6.03 Å². The van der Waals surface area contributed by atoms with E-state index in [9.17, 15) is 9.90 Å². The molecule has 0 aliphatic heterocycles. The molecule has 2 amide bonds. The Hall–Kier alpha value is -2.04. The van der Waals surface area contributed by atoms with Crippen LogP contribution in [0.15, 0.2) is 54.6 Å². The molecule has 0 aliphatic rings. The Morgan fingerprint density at radius 1 is 1.13 bits per heavy atom. The molecule has 2 rings (SSSR count). The molecule has 0 aromatic heterocycles. The third-order valence-electron chi connectivity index (χ3n) is 3.51. The predicted molar refractivity (Wildman–Crippen MR) is 94.0 cm³/mol. The average Bonchev–Trinajstić information content (AvgIpc) is 2.54. The normalized spacial score (nSPS) is 13.2. The van der Waals surface area contributed by atoms with E-state index in [1.807, 2.05) is 30.3 Å². The fraction of sp³-hybridized carbons (Fsp3) is 0.278. The van der Waals surface area contributed by atoms with E-state index in [-0.39, 0.29) is 11.9 Å². The molecule has 0 fully saturated rings. The van der Waals surface area contributed by atoms with Crippen LogP contribution in [0.5, 0.6) is 0 Å². The highest BCUT2D eigenvalue weighted by molar-refractivity contribution is 6.30. The van der Waals surface area contributed by atoms with Crippen molar-refractivity contribution in [3.05, 3.63) is 65.2 Å². The number of carbonyl (C=O) groups excluding carboxylic acids is 1. The molecule has 0 heterocycles. The summed E-state index contributed by atoms with van der Waals surface area (Å²) in [5.41, 5.74) is 1.78. The Labute approximate surface area is 141 Å². The van der Waals surface area contributed by atoms with Gasteiger partial charge < -0.3 is 15.7 Å². The Morgan fingerprint density at radius 2 is 1.78 bits per heavy atom. The van der Waals surface area contributed by atoms with Gasteiger partial charge in [0.1, 0.15) is 0 Å². The summed E-state index contributed by atoms with van der Waals surface area (Å²) >= 11 is 5.82. The lowest BCUT2D eigenvalue weighted by Gasteiger charge is -2.20. The Bertz CT molecular complexity index is 615. The van der Waals surface area contributed by atoms with Crippen molar-refractivity contribution in [1.29, 1.82) is 0 Å². The molecule has 0 radical (unpaired) electrons. The third kappa shape index (κ3) is 5.93. The van der Waals surface area contributed by atoms with Gasteiger partial charge in [-0.3, -0.25) is 0 Å². The molecular weight excluding hydrogens is 312 g/mol. The number of amides is 2. The van der Waals surface area contributed by atoms with Crippen LogP contribution in [0.1, 0.15) is 24.8 Å². The molecule has 0 saturated carbocycles. The summed E-state index contributed by atoms with van der Waals surface area (Å²) in [6, 6.07) is 16.5. The second-order valence-electron chi connectivity index (χ2n) is 5.53. The second kappa shape index (κ2) is 8.56. The van der Waals surface area contributed by atoms with Gasteiger partial charge in [0.2, 0.25) is 0 Å². The number of hydrogen-bond donors (Lipinski definition) is 3. The Kier molecular flexibility index (Phi) is 6.44. The van der Waals surface area contributed by atoms with E-state index in [4.69, 9.17) is 11.6 Å². The number of benzene rings is 2. The molecule has 0 spiro atoms. The zero-order valence-corrected chi connectivity index (χ0v) is 13.8. The SMILES string of the molecule is CC(O)CC(CNC(=O)Nc1ccc(Cl)cc1)c1ccccc1. The molecule has 2 atom stereocenters. The summed E-state index contributed by atoms with van der Waals surface area (Å²) < 4.78 is 0. The van der Waals surface area contributed by atoms with Crippen LogP contribution in [0.3, 0.4) is 0 Å². The van der Waals surface area contributed by atoms with E-state index >= 15 is 0 Å². The van der Waals surface area contributed by atoms with Gasteiger partial charge in [0.25, 0.3) is 0 Å². The lowest BCUT2D eigenvalue weighted by molar-refractivity contribution is 0.173. The Balaban J connectivity index is 1.92. The predicted octanol–water partition coefficient (Wildman–Crippen LogP) is 4.02. The van der Waals surface area contributed by atoms with E-state index < -0.39 is 6.10 Å². The van der Waals surface area contributed by atoms with Crippen molar-refractivity contribution in [2.45, 2.75) is 25.4 Å². The zero-order chi connectivity index (χ0) is 16.7. The summed E-state index contributed by atoms with van der Waals surface area (Å²) in [7, 11) is 0. The number of aliphatic hydroxyl groups is 1. The van der Waals surface area contributed by atoms with Gasteiger partial charge in [-0.2, -0.15) is 0 Å². The first-order valence-electron chi connectivity index (χ1n) is 7.58. The van der Waals surface area contributed by atoms with Crippen molar-refractivity contribution in [3.63, 3.8) is 0 Å². The van der Waals surface area contributed by atoms with Crippen LogP contribution < -0.4 is 10.6 Å². The smallest absolute Gasteiger partial charge is 0.319 e. The largest absolute Gasteiger partial charge is 0.393 e. The van der Waals surface area contributed by atoms with Crippen molar-refractivity contribution < 1.29 is 9.90 Å². The quantitative estimate of drug-likeness (QED) is 0.748. The Morgan fingerprint density at radius 3 is 2.39 bits per heavy atom. The summed E-state index contributed by atoms with van der Waals surface area (Å²) in [5.74, 6) is 0.0622. The van der Waals surface area contributed by atoms with Crippen LogP contribution in [-0.4, -0.2) is 23.8 Å². The summed E-state index contributed by atoms with van der Waals surface area (Å²) in [6.07, 6.45) is 0.159. The molecule has 0 bridgehead atoms. The number of hydrogen-bond acceptors (Lipinski definition) is 2. The molecule has 2 aromatic rings. The number of anilines is 1. The van der Waals surface area contributed by atoms with Crippen molar-refractivity contribution in [1.82, 2.24) is 5.32 Å². The van der Waals surface area contributed by atoms with Crippen molar-refractivity contribution >= 4 is 23.3 Å². The van der Waals surface area contributed by atoms with Crippen LogP contribution >= 0.6 is 11.6 Å². The van der Waals surface area contributed by atoms with E-state index in [1.165, 1.54) is 0 Å². The van der Waals surface area contributed by atoms with Crippen LogP contribution in [0, 0.1) is 0 Å². The molecule has 23 heavy (non-hydrogen) atoms. The number of aliphatic hydroxyl groups excluding tert-OH is 1. The minimum Gasteiger partial charge on any atom is -0.393 e. The van der Waals surface area contributed by atoms with Gasteiger partial charge in [-0.25, -0.2) is 4.79 Å². The highest BCUT2D eigenvalue weighted by atomic mass is 35.5. The van der Waals surface area contributed by atoms with Gasteiger partial charge in [-0.05, 0) is 43.2 Å². The lowest BCUT2D eigenvalue weighted by atomic mass is 9.93. The van der Waals surface area contributed by atoms with Crippen LogP contribution in [-0.2, 0) is 0 Å². The number of rotatable bonds is 6. The first-order valence-corrected chi connectivity index (χ1v) is 7.96. The molecule has 2 aromatic carbocycles. The molecule has 0 aliphatic carbocycles. The summed E-state index contributed by atoms with van der Waals surface area (Å²) in [5, 5.41) is 15.9. The highest BCUT2D eigenvalue weighted by Crippen LogP contribution is 2.20. The zero-order valence-electron chi connectivity index (χ0n) is 13.0. The van der Waals surface area contributed by atoms with Crippen molar-refractivity contribution in [2.75, 3.05) is 11.9 Å². The fourth-order valence-corrected chi connectivity index (χ4v) is 2.52. The minimum absolute atomic E-state index is 0.0622. The monoisotopic (exact) mass is 332 g/mol. The van der Waals surface area contributed by atoms with Gasteiger partial charge in [-0.15, -0.1) is 0 Å². The summed E-state index contributed by atoms with van der Waals surface area (Å²) in [6.45, 7) is 2.21. The van der Waals surface area contributed by atoms with E-state index in [2.05, 4.69) is 10.6 Å². The fourth-order valence-electron chi connectivity index (χ4n) is 2.40. The van der Waals surface area contributed by atoms with E-state index in [0.29, 0.717) is 23.7 Å². The van der Waals surface area contributed by atoms with E-state index in [0.717, 1.165) is 5.56 Å². The van der Waals surface area contributed by atoms with Gasteiger partial charge in [0.15, 0.2) is 0 Å². The topological polar surface area (TPSA) is 61.4 Å². The lowest BCUT2D eigenvalue weighted by Crippen LogP contribution is -2.33. The first kappa shape index (κ1) is 17.3. The maximum absolute atomic E-state index is 12.0. The number of nitrogens with one attached hydrogen (secondary N) is 2. The van der Waals surface area contributed by atoms with Crippen molar-refractivity contribution in [2.24, 2.45) is 0 Å². The third-order valence-corrected chi connectivity index (χ3v) is 3.76. The minimum atomic E-state index is -0.429. The standard InChI is InChI=1S/C18H21ClN2O2/c1-13(22)11-15(14-5-3-2-4-6-14)12-20-18(23)21-17-9-7-16(19)8-10-17/h2-10,13,15,22H,11-12H2,1H3,(H2,20,21,23). The van der Waals surface area contributed by atoms with Gasteiger partial charge in [0.05, 0.1) is 6.10 Å². The molecule has 3 N–H and O–H groups in total. The molecule has 2 unspecified atom stereocenters. The molecule has 4 nitrogen and oxygen atoms in total. The van der Waals surface area contributed by atoms with Crippen LogP contribution in [0.4, 0.5) is 10.5 Å².